The SMILES string of the molecule is O=S(=O)(c1ccccc1)N1CCC[C@H](c2cnccn2)C1. The van der Waals surface area contributed by atoms with E-state index < -0.39 is 10.0 Å². The van der Waals surface area contributed by atoms with E-state index >= 15 is 0 Å². The highest BCUT2D eigenvalue weighted by Crippen LogP contribution is 2.28. The van der Waals surface area contributed by atoms with Gasteiger partial charge in [-0.1, -0.05) is 18.2 Å². The number of hydrogen-bond acceptors (Lipinski definition) is 4. The van der Waals surface area contributed by atoms with E-state index in [4.69, 9.17) is 0 Å². The minimum absolute atomic E-state index is 0.117. The van der Waals surface area contributed by atoms with Crippen LogP contribution >= 0.6 is 0 Å². The van der Waals surface area contributed by atoms with E-state index in [1.807, 2.05) is 6.07 Å². The largest absolute Gasteiger partial charge is 0.261 e. The molecule has 0 saturated carbocycles. The third kappa shape index (κ3) is 2.96. The minimum atomic E-state index is -3.42. The molecule has 110 valence electrons. The molecule has 1 atom stereocenters. The molecule has 2 aromatic rings. The first-order chi connectivity index (χ1) is 10.2. The van der Waals surface area contributed by atoms with E-state index in [0.29, 0.717) is 18.0 Å². The normalized spacial score (nSPS) is 20.3. The molecule has 0 amide bonds. The molecule has 0 radical (unpaired) electrons. The van der Waals surface area contributed by atoms with Gasteiger partial charge in [0.2, 0.25) is 10.0 Å². The third-order valence-corrected chi connectivity index (χ3v) is 5.65. The Balaban J connectivity index is 1.84. The molecular weight excluding hydrogens is 286 g/mol. The molecule has 1 aliphatic rings. The molecule has 0 spiro atoms. The molecule has 0 unspecified atom stereocenters. The molecule has 1 aromatic heterocycles. The van der Waals surface area contributed by atoms with Gasteiger partial charge in [-0.25, -0.2) is 8.42 Å². The van der Waals surface area contributed by atoms with Crippen LogP contribution in [-0.2, 0) is 10.0 Å². The first kappa shape index (κ1) is 14.2. The Morgan fingerprint density at radius 1 is 1.14 bits per heavy atom. The first-order valence-electron chi connectivity index (χ1n) is 6.99. The van der Waals surface area contributed by atoms with Gasteiger partial charge in [-0.15, -0.1) is 0 Å². The lowest BCUT2D eigenvalue weighted by Gasteiger charge is -2.31. The summed E-state index contributed by atoms with van der Waals surface area (Å²) in [5, 5.41) is 0. The fourth-order valence-corrected chi connectivity index (χ4v) is 4.21. The maximum Gasteiger partial charge on any atom is 0.243 e. The smallest absolute Gasteiger partial charge is 0.243 e. The lowest BCUT2D eigenvalue weighted by Crippen LogP contribution is -2.39. The van der Waals surface area contributed by atoms with E-state index in [1.165, 1.54) is 0 Å². The lowest BCUT2D eigenvalue weighted by molar-refractivity contribution is 0.312. The van der Waals surface area contributed by atoms with Gasteiger partial charge < -0.3 is 0 Å². The standard InChI is InChI=1S/C15H17N3O2S/c19-21(20,14-6-2-1-3-7-14)18-10-4-5-13(12-18)15-11-16-8-9-17-15/h1-3,6-9,11,13H,4-5,10,12H2/t13-/m0/s1. The Morgan fingerprint density at radius 3 is 2.67 bits per heavy atom. The summed E-state index contributed by atoms with van der Waals surface area (Å²) < 4.78 is 26.9. The van der Waals surface area contributed by atoms with Crippen LogP contribution in [0.3, 0.4) is 0 Å². The predicted octanol–water partition coefficient (Wildman–Crippen LogP) is 2.04. The minimum Gasteiger partial charge on any atom is -0.261 e. The summed E-state index contributed by atoms with van der Waals surface area (Å²) in [4.78, 5) is 8.73. The van der Waals surface area contributed by atoms with Gasteiger partial charge in [-0.3, -0.25) is 9.97 Å². The second-order valence-electron chi connectivity index (χ2n) is 5.15. The Hall–Kier alpha value is -1.79. The molecule has 1 fully saturated rings. The molecular formula is C15H17N3O2S. The molecule has 21 heavy (non-hydrogen) atoms. The van der Waals surface area contributed by atoms with E-state index in [-0.39, 0.29) is 5.92 Å². The predicted molar refractivity (Wildman–Crippen MR) is 79.2 cm³/mol. The summed E-state index contributed by atoms with van der Waals surface area (Å²) in [5.41, 5.74) is 0.866. The zero-order valence-electron chi connectivity index (χ0n) is 11.6. The summed E-state index contributed by atoms with van der Waals surface area (Å²) in [6.07, 6.45) is 6.79. The highest BCUT2D eigenvalue weighted by atomic mass is 32.2. The molecule has 5 nitrogen and oxygen atoms in total. The second kappa shape index (κ2) is 5.91. The van der Waals surface area contributed by atoms with E-state index in [0.717, 1.165) is 18.5 Å². The molecule has 3 rings (SSSR count). The van der Waals surface area contributed by atoms with Crippen molar-refractivity contribution >= 4 is 10.0 Å². The third-order valence-electron chi connectivity index (χ3n) is 3.77. The van der Waals surface area contributed by atoms with Crippen molar-refractivity contribution in [3.8, 4) is 0 Å². The van der Waals surface area contributed by atoms with Crippen molar-refractivity contribution in [1.82, 2.24) is 14.3 Å². The zero-order valence-corrected chi connectivity index (χ0v) is 12.4. The van der Waals surface area contributed by atoms with Crippen LogP contribution in [-0.4, -0.2) is 35.8 Å². The molecule has 0 N–H and O–H groups in total. The average Bonchev–Trinajstić information content (AvgIpc) is 2.57. The Labute approximate surface area is 124 Å². The van der Waals surface area contributed by atoms with Crippen molar-refractivity contribution in [1.29, 1.82) is 0 Å². The highest BCUT2D eigenvalue weighted by molar-refractivity contribution is 7.89. The van der Waals surface area contributed by atoms with Crippen molar-refractivity contribution in [3.05, 3.63) is 54.6 Å². The topological polar surface area (TPSA) is 63.2 Å². The Morgan fingerprint density at radius 2 is 1.95 bits per heavy atom. The van der Waals surface area contributed by atoms with Gasteiger partial charge in [0.05, 0.1) is 10.6 Å². The van der Waals surface area contributed by atoms with Crippen LogP contribution in [0.5, 0.6) is 0 Å². The highest BCUT2D eigenvalue weighted by Gasteiger charge is 2.31. The maximum absolute atomic E-state index is 12.7. The second-order valence-corrected chi connectivity index (χ2v) is 7.08. The molecule has 2 heterocycles. The van der Waals surface area contributed by atoms with Crippen LogP contribution in [0.2, 0.25) is 0 Å². The zero-order chi connectivity index (χ0) is 14.7. The van der Waals surface area contributed by atoms with Gasteiger partial charge in [0.1, 0.15) is 0 Å². The summed E-state index contributed by atoms with van der Waals surface area (Å²) in [6, 6.07) is 8.59. The number of hydrogen-bond donors (Lipinski definition) is 0. The summed E-state index contributed by atoms with van der Waals surface area (Å²) in [6.45, 7) is 1.03. The van der Waals surface area contributed by atoms with Crippen molar-refractivity contribution in [2.24, 2.45) is 0 Å². The van der Waals surface area contributed by atoms with Crippen molar-refractivity contribution in [3.63, 3.8) is 0 Å². The monoisotopic (exact) mass is 303 g/mol. The Bertz CT molecular complexity index is 689. The number of aromatic nitrogens is 2. The molecule has 0 bridgehead atoms. The van der Waals surface area contributed by atoms with Gasteiger partial charge in [-0.05, 0) is 25.0 Å². The van der Waals surface area contributed by atoms with Crippen LogP contribution < -0.4 is 0 Å². The molecule has 6 heteroatoms. The summed E-state index contributed by atoms with van der Waals surface area (Å²) in [7, 11) is -3.42. The first-order valence-corrected chi connectivity index (χ1v) is 8.43. The van der Waals surface area contributed by atoms with Gasteiger partial charge in [-0.2, -0.15) is 4.31 Å². The van der Waals surface area contributed by atoms with Gasteiger partial charge in [0, 0.05) is 37.6 Å². The number of sulfonamides is 1. The average molecular weight is 303 g/mol. The number of piperidine rings is 1. The number of nitrogens with zero attached hydrogens (tertiary/aromatic N) is 3. The van der Waals surface area contributed by atoms with Crippen molar-refractivity contribution in [2.45, 2.75) is 23.7 Å². The van der Waals surface area contributed by atoms with Crippen molar-refractivity contribution in [2.75, 3.05) is 13.1 Å². The molecule has 1 saturated heterocycles. The van der Waals surface area contributed by atoms with Crippen LogP contribution in [0.1, 0.15) is 24.5 Å². The van der Waals surface area contributed by atoms with Gasteiger partial charge in [0.15, 0.2) is 0 Å². The number of rotatable bonds is 3. The van der Waals surface area contributed by atoms with Gasteiger partial charge >= 0.3 is 0 Å². The fourth-order valence-electron chi connectivity index (χ4n) is 2.67. The van der Waals surface area contributed by atoms with Crippen LogP contribution in [0.25, 0.3) is 0 Å². The van der Waals surface area contributed by atoms with E-state index in [1.54, 1.807) is 47.2 Å². The molecule has 1 aliphatic heterocycles. The Kier molecular flexibility index (Phi) is 3.98. The fraction of sp³-hybridized carbons (Fsp3) is 0.333. The molecule has 1 aromatic carbocycles. The van der Waals surface area contributed by atoms with Crippen LogP contribution in [0.15, 0.2) is 53.8 Å². The van der Waals surface area contributed by atoms with Crippen molar-refractivity contribution < 1.29 is 8.42 Å². The maximum atomic E-state index is 12.7. The van der Waals surface area contributed by atoms with E-state index in [2.05, 4.69) is 9.97 Å². The quantitative estimate of drug-likeness (QED) is 0.870. The summed E-state index contributed by atoms with van der Waals surface area (Å²) in [5.74, 6) is 0.117. The molecule has 0 aliphatic carbocycles. The lowest BCUT2D eigenvalue weighted by atomic mass is 9.96. The summed E-state index contributed by atoms with van der Waals surface area (Å²) >= 11 is 0. The van der Waals surface area contributed by atoms with Crippen LogP contribution in [0.4, 0.5) is 0 Å². The van der Waals surface area contributed by atoms with E-state index in [9.17, 15) is 8.42 Å². The van der Waals surface area contributed by atoms with Gasteiger partial charge in [0.25, 0.3) is 0 Å². The van der Waals surface area contributed by atoms with Crippen LogP contribution in [0, 0.1) is 0 Å². The number of benzene rings is 1.